The van der Waals surface area contributed by atoms with E-state index in [1.807, 2.05) is 18.2 Å². The van der Waals surface area contributed by atoms with Crippen molar-refractivity contribution in [3.63, 3.8) is 0 Å². The first kappa shape index (κ1) is 20.9. The van der Waals surface area contributed by atoms with E-state index in [2.05, 4.69) is 51.7 Å². The van der Waals surface area contributed by atoms with Gasteiger partial charge in [-0.05, 0) is 37.5 Å². The first-order valence-electron chi connectivity index (χ1n) is 10.8. The second-order valence-electron chi connectivity index (χ2n) is 7.86. The number of benzene rings is 1. The van der Waals surface area contributed by atoms with Crippen LogP contribution in [-0.2, 0) is 4.74 Å². The Morgan fingerprint density at radius 2 is 2.10 bits per heavy atom. The lowest BCUT2D eigenvalue weighted by molar-refractivity contribution is 0.0925. The third-order valence-corrected chi connectivity index (χ3v) is 6.03. The first-order chi connectivity index (χ1) is 14.7. The highest BCUT2D eigenvalue weighted by Gasteiger charge is 2.30. The largest absolute Gasteiger partial charge is 0.373 e. The predicted molar refractivity (Wildman–Crippen MR) is 122 cm³/mol. The summed E-state index contributed by atoms with van der Waals surface area (Å²) >= 11 is 6.32. The van der Waals surface area contributed by atoms with Crippen molar-refractivity contribution in [3.05, 3.63) is 59.2 Å². The zero-order chi connectivity index (χ0) is 20.8. The third kappa shape index (κ3) is 5.05. The molecule has 0 radical (unpaired) electrons. The van der Waals surface area contributed by atoms with Crippen molar-refractivity contribution < 1.29 is 4.74 Å². The Bertz CT molecular complexity index is 846. The molecule has 3 heterocycles. The molecular formula is C23H30ClN5O. The number of ether oxygens (including phenoxy) is 1. The SMILES string of the molecule is CCNC(=NCC1CCOC1c1ccccc1)NC1CCN(c2ncccc2Cl)C1. The van der Waals surface area contributed by atoms with Crippen LogP contribution in [0, 0.1) is 5.92 Å². The summed E-state index contributed by atoms with van der Waals surface area (Å²) in [6, 6.07) is 14.5. The minimum atomic E-state index is 0.131. The molecule has 1 aromatic carbocycles. The van der Waals surface area contributed by atoms with Crippen LogP contribution in [0.15, 0.2) is 53.7 Å². The summed E-state index contributed by atoms with van der Waals surface area (Å²) in [6.07, 6.45) is 3.99. The van der Waals surface area contributed by atoms with Gasteiger partial charge < -0.3 is 20.3 Å². The van der Waals surface area contributed by atoms with Crippen LogP contribution in [0.4, 0.5) is 5.82 Å². The van der Waals surface area contributed by atoms with Gasteiger partial charge in [-0.3, -0.25) is 4.99 Å². The molecular weight excluding hydrogens is 398 g/mol. The van der Waals surface area contributed by atoms with Gasteiger partial charge in [-0.2, -0.15) is 0 Å². The molecule has 3 unspecified atom stereocenters. The average Bonchev–Trinajstić information content (AvgIpc) is 3.43. The van der Waals surface area contributed by atoms with E-state index in [4.69, 9.17) is 21.3 Å². The number of aliphatic imine (C=N–C) groups is 1. The fraction of sp³-hybridized carbons (Fsp3) is 0.478. The van der Waals surface area contributed by atoms with Crippen LogP contribution in [-0.4, -0.2) is 49.8 Å². The molecule has 3 atom stereocenters. The number of anilines is 1. The minimum absolute atomic E-state index is 0.131. The zero-order valence-electron chi connectivity index (χ0n) is 17.4. The molecule has 0 saturated carbocycles. The molecule has 4 rings (SSSR count). The molecule has 1 aromatic heterocycles. The standard InChI is InChI=1S/C23H30ClN5O/c1-2-25-23(27-15-18-11-14-30-21(18)17-7-4-3-5-8-17)28-19-10-13-29(16-19)22-20(24)9-6-12-26-22/h3-9,12,18-19,21H,2,10-11,13-16H2,1H3,(H2,25,27,28). The van der Waals surface area contributed by atoms with Gasteiger partial charge in [0, 0.05) is 50.9 Å². The number of hydrogen-bond acceptors (Lipinski definition) is 4. The molecule has 0 spiro atoms. The van der Waals surface area contributed by atoms with Gasteiger partial charge in [0.05, 0.1) is 11.1 Å². The highest BCUT2D eigenvalue weighted by Crippen LogP contribution is 2.34. The van der Waals surface area contributed by atoms with Crippen LogP contribution >= 0.6 is 11.6 Å². The maximum Gasteiger partial charge on any atom is 0.191 e. The maximum atomic E-state index is 6.32. The first-order valence-corrected chi connectivity index (χ1v) is 11.2. The van der Waals surface area contributed by atoms with Gasteiger partial charge in [-0.1, -0.05) is 41.9 Å². The Kier molecular flexibility index (Phi) is 7.07. The normalized spacial score (nSPS) is 24.3. The number of aromatic nitrogens is 1. The lowest BCUT2D eigenvalue weighted by atomic mass is 9.95. The van der Waals surface area contributed by atoms with Crippen LogP contribution in [0.2, 0.25) is 5.02 Å². The molecule has 160 valence electrons. The monoisotopic (exact) mass is 427 g/mol. The fourth-order valence-corrected chi connectivity index (χ4v) is 4.48. The second-order valence-corrected chi connectivity index (χ2v) is 8.26. The van der Waals surface area contributed by atoms with E-state index >= 15 is 0 Å². The van der Waals surface area contributed by atoms with Crippen LogP contribution in [0.1, 0.15) is 31.4 Å². The van der Waals surface area contributed by atoms with Gasteiger partial charge in [0.2, 0.25) is 0 Å². The Morgan fingerprint density at radius 3 is 2.90 bits per heavy atom. The van der Waals surface area contributed by atoms with Gasteiger partial charge >= 0.3 is 0 Å². The molecule has 6 nitrogen and oxygen atoms in total. The Balaban J connectivity index is 1.37. The van der Waals surface area contributed by atoms with Crippen molar-refractivity contribution >= 4 is 23.4 Å². The third-order valence-electron chi connectivity index (χ3n) is 5.74. The summed E-state index contributed by atoms with van der Waals surface area (Å²) in [6.45, 7) is 6.26. The Hall–Kier alpha value is -2.31. The highest BCUT2D eigenvalue weighted by atomic mass is 35.5. The number of nitrogens with one attached hydrogen (secondary N) is 2. The summed E-state index contributed by atoms with van der Waals surface area (Å²) in [5.41, 5.74) is 1.24. The van der Waals surface area contributed by atoms with Crippen molar-refractivity contribution in [3.8, 4) is 0 Å². The molecule has 2 saturated heterocycles. The quantitative estimate of drug-likeness (QED) is 0.544. The van der Waals surface area contributed by atoms with Crippen molar-refractivity contribution in [2.75, 3.05) is 37.7 Å². The number of rotatable bonds is 6. The van der Waals surface area contributed by atoms with Gasteiger partial charge in [0.1, 0.15) is 5.82 Å². The fourth-order valence-electron chi connectivity index (χ4n) is 4.23. The molecule has 0 bridgehead atoms. The molecule has 0 aliphatic carbocycles. The Labute approximate surface area is 183 Å². The predicted octanol–water partition coefficient (Wildman–Crippen LogP) is 3.65. The molecule has 2 aromatic rings. The molecule has 2 fully saturated rings. The van der Waals surface area contributed by atoms with Crippen molar-refractivity contribution in [1.29, 1.82) is 0 Å². The summed E-state index contributed by atoms with van der Waals surface area (Å²) < 4.78 is 6.02. The van der Waals surface area contributed by atoms with Crippen LogP contribution in [0.5, 0.6) is 0 Å². The molecule has 2 N–H and O–H groups in total. The number of hydrogen-bond donors (Lipinski definition) is 2. The topological polar surface area (TPSA) is 61.8 Å². The van der Waals surface area contributed by atoms with E-state index in [-0.39, 0.29) is 6.10 Å². The van der Waals surface area contributed by atoms with E-state index in [0.29, 0.717) is 17.0 Å². The van der Waals surface area contributed by atoms with Crippen molar-refractivity contribution in [1.82, 2.24) is 15.6 Å². The van der Waals surface area contributed by atoms with Gasteiger partial charge in [0.15, 0.2) is 5.96 Å². The summed E-state index contributed by atoms with van der Waals surface area (Å²) in [4.78, 5) is 11.6. The summed E-state index contributed by atoms with van der Waals surface area (Å²) in [5, 5.41) is 7.69. The number of halogens is 1. The van der Waals surface area contributed by atoms with E-state index in [1.165, 1.54) is 5.56 Å². The average molecular weight is 428 g/mol. The van der Waals surface area contributed by atoms with Gasteiger partial charge in [0.25, 0.3) is 0 Å². The van der Waals surface area contributed by atoms with E-state index < -0.39 is 0 Å². The van der Waals surface area contributed by atoms with Crippen molar-refractivity contribution in [2.45, 2.75) is 31.9 Å². The number of guanidine groups is 1. The second kappa shape index (κ2) is 10.1. The molecule has 0 amide bonds. The van der Waals surface area contributed by atoms with Gasteiger partial charge in [-0.15, -0.1) is 0 Å². The van der Waals surface area contributed by atoms with Crippen LogP contribution in [0.3, 0.4) is 0 Å². The Morgan fingerprint density at radius 1 is 1.23 bits per heavy atom. The molecule has 7 heteroatoms. The summed E-state index contributed by atoms with van der Waals surface area (Å²) in [7, 11) is 0. The smallest absolute Gasteiger partial charge is 0.191 e. The molecule has 30 heavy (non-hydrogen) atoms. The van der Waals surface area contributed by atoms with E-state index in [1.54, 1.807) is 6.20 Å². The van der Waals surface area contributed by atoms with Crippen LogP contribution < -0.4 is 15.5 Å². The lowest BCUT2D eigenvalue weighted by Gasteiger charge is -2.21. The van der Waals surface area contributed by atoms with Crippen LogP contribution in [0.25, 0.3) is 0 Å². The molecule has 2 aliphatic rings. The maximum absolute atomic E-state index is 6.32. The minimum Gasteiger partial charge on any atom is -0.373 e. The zero-order valence-corrected chi connectivity index (χ0v) is 18.2. The molecule has 2 aliphatic heterocycles. The number of pyridine rings is 1. The number of nitrogens with zero attached hydrogens (tertiary/aromatic N) is 3. The van der Waals surface area contributed by atoms with E-state index in [0.717, 1.165) is 57.4 Å². The highest BCUT2D eigenvalue weighted by molar-refractivity contribution is 6.32. The van der Waals surface area contributed by atoms with Gasteiger partial charge in [-0.25, -0.2) is 4.98 Å². The lowest BCUT2D eigenvalue weighted by Crippen LogP contribution is -2.45. The van der Waals surface area contributed by atoms with Crippen molar-refractivity contribution in [2.24, 2.45) is 10.9 Å². The van der Waals surface area contributed by atoms with E-state index in [9.17, 15) is 0 Å². The summed E-state index contributed by atoms with van der Waals surface area (Å²) in [5.74, 6) is 2.13.